The first kappa shape index (κ1) is 11.0. The van der Waals surface area contributed by atoms with E-state index in [9.17, 15) is 0 Å². The van der Waals surface area contributed by atoms with Crippen molar-refractivity contribution >= 4 is 5.69 Å². The third kappa shape index (κ3) is 3.34. The summed E-state index contributed by atoms with van der Waals surface area (Å²) in [5, 5.41) is 3.36. The summed E-state index contributed by atoms with van der Waals surface area (Å²) < 4.78 is 0. The largest absolute Gasteiger partial charge is 0.385 e. The molecule has 1 aromatic rings. The third-order valence-corrected chi connectivity index (χ3v) is 2.49. The predicted molar refractivity (Wildman–Crippen MR) is 60.1 cm³/mol. The molecule has 0 saturated carbocycles. The maximum absolute atomic E-state index is 5.69. The van der Waals surface area contributed by atoms with E-state index >= 15 is 0 Å². The second kappa shape index (κ2) is 5.60. The topological polar surface area (TPSA) is 50.9 Å². The van der Waals surface area contributed by atoms with Crippen molar-refractivity contribution in [3.8, 4) is 0 Å². The molecule has 1 rings (SSSR count). The van der Waals surface area contributed by atoms with Crippen LogP contribution in [0, 0.1) is 11.8 Å². The Hall–Kier alpha value is -1.09. The molecule has 0 aliphatic rings. The van der Waals surface area contributed by atoms with Gasteiger partial charge in [-0.25, -0.2) is 0 Å². The molecule has 0 aliphatic carbocycles. The molecule has 1 atom stereocenters. The number of nitrogens with two attached hydrogens (primary N) is 1. The lowest BCUT2D eigenvalue weighted by molar-refractivity contribution is 0.413. The van der Waals surface area contributed by atoms with Crippen molar-refractivity contribution in [3.05, 3.63) is 24.5 Å². The molecular formula is C11H19N3. The molecule has 3 N–H and O–H groups in total. The Morgan fingerprint density at radius 3 is 2.50 bits per heavy atom. The highest BCUT2D eigenvalue weighted by molar-refractivity contribution is 5.40. The van der Waals surface area contributed by atoms with Crippen LogP contribution in [0.5, 0.6) is 0 Å². The third-order valence-electron chi connectivity index (χ3n) is 2.49. The van der Waals surface area contributed by atoms with Gasteiger partial charge in [0.1, 0.15) is 0 Å². The van der Waals surface area contributed by atoms with Crippen LogP contribution in [0.1, 0.15) is 13.8 Å². The summed E-state index contributed by atoms with van der Waals surface area (Å²) in [6.45, 7) is 6.06. The molecule has 0 aliphatic heterocycles. The van der Waals surface area contributed by atoms with Gasteiger partial charge in [0.15, 0.2) is 0 Å². The fourth-order valence-electron chi connectivity index (χ4n) is 1.31. The molecule has 0 radical (unpaired) electrons. The monoisotopic (exact) mass is 193 g/mol. The summed E-state index contributed by atoms with van der Waals surface area (Å²) in [6.07, 6.45) is 3.57. The molecule has 0 aromatic carbocycles. The smallest absolute Gasteiger partial charge is 0.0371 e. The zero-order valence-electron chi connectivity index (χ0n) is 8.90. The quantitative estimate of drug-likeness (QED) is 0.748. The summed E-state index contributed by atoms with van der Waals surface area (Å²) in [6, 6.07) is 3.93. The number of nitrogens with one attached hydrogen (secondary N) is 1. The molecule has 14 heavy (non-hydrogen) atoms. The number of hydrogen-bond acceptors (Lipinski definition) is 3. The summed E-state index contributed by atoms with van der Waals surface area (Å²) in [5.74, 6) is 1.15. The summed E-state index contributed by atoms with van der Waals surface area (Å²) in [5.41, 5.74) is 6.80. The molecule has 0 spiro atoms. The Kier molecular flexibility index (Phi) is 4.40. The Balaban J connectivity index is 2.40. The Bertz CT molecular complexity index is 246. The minimum absolute atomic E-state index is 0.531. The van der Waals surface area contributed by atoms with Gasteiger partial charge in [0.05, 0.1) is 0 Å². The summed E-state index contributed by atoms with van der Waals surface area (Å²) in [7, 11) is 0. The van der Waals surface area contributed by atoms with Crippen molar-refractivity contribution in [2.45, 2.75) is 13.8 Å². The molecule has 3 nitrogen and oxygen atoms in total. The molecule has 0 bridgehead atoms. The van der Waals surface area contributed by atoms with E-state index in [-0.39, 0.29) is 0 Å². The average molecular weight is 193 g/mol. The van der Waals surface area contributed by atoms with Crippen LogP contribution in [0.25, 0.3) is 0 Å². The number of pyridine rings is 1. The van der Waals surface area contributed by atoms with E-state index in [4.69, 9.17) is 5.73 Å². The molecule has 3 heteroatoms. The first-order chi connectivity index (χ1) is 6.74. The summed E-state index contributed by atoms with van der Waals surface area (Å²) >= 11 is 0. The van der Waals surface area contributed by atoms with Gasteiger partial charge in [0.2, 0.25) is 0 Å². The van der Waals surface area contributed by atoms with Crippen LogP contribution in [-0.4, -0.2) is 18.1 Å². The molecule has 1 unspecified atom stereocenters. The molecule has 0 saturated heterocycles. The zero-order valence-corrected chi connectivity index (χ0v) is 8.90. The van der Waals surface area contributed by atoms with Gasteiger partial charge in [0, 0.05) is 24.6 Å². The van der Waals surface area contributed by atoms with E-state index in [0.717, 1.165) is 18.8 Å². The number of rotatable bonds is 5. The molecule has 1 aromatic heterocycles. The van der Waals surface area contributed by atoms with Gasteiger partial charge in [-0.1, -0.05) is 13.8 Å². The van der Waals surface area contributed by atoms with Crippen LogP contribution in [0.2, 0.25) is 0 Å². The van der Waals surface area contributed by atoms with Gasteiger partial charge in [-0.2, -0.15) is 0 Å². The van der Waals surface area contributed by atoms with Crippen molar-refractivity contribution in [2.24, 2.45) is 17.6 Å². The predicted octanol–water partition coefficient (Wildman–Crippen LogP) is 1.72. The van der Waals surface area contributed by atoms with Crippen molar-refractivity contribution in [2.75, 3.05) is 18.4 Å². The number of anilines is 1. The van der Waals surface area contributed by atoms with Gasteiger partial charge >= 0.3 is 0 Å². The fourth-order valence-corrected chi connectivity index (χ4v) is 1.31. The Morgan fingerprint density at radius 2 is 2.00 bits per heavy atom. The van der Waals surface area contributed by atoms with Crippen LogP contribution in [0.15, 0.2) is 24.5 Å². The maximum Gasteiger partial charge on any atom is 0.0371 e. The van der Waals surface area contributed by atoms with Gasteiger partial charge in [-0.05, 0) is 30.5 Å². The fraction of sp³-hybridized carbons (Fsp3) is 0.545. The molecule has 0 fully saturated rings. The minimum Gasteiger partial charge on any atom is -0.385 e. The van der Waals surface area contributed by atoms with E-state index in [1.807, 2.05) is 12.1 Å². The van der Waals surface area contributed by atoms with E-state index < -0.39 is 0 Å². The first-order valence-corrected chi connectivity index (χ1v) is 5.08. The second-order valence-corrected chi connectivity index (χ2v) is 3.86. The normalized spacial score (nSPS) is 12.9. The number of aromatic nitrogens is 1. The highest BCUT2D eigenvalue weighted by Gasteiger charge is 2.10. The van der Waals surface area contributed by atoms with Gasteiger partial charge in [-0.3, -0.25) is 4.98 Å². The van der Waals surface area contributed by atoms with Crippen LogP contribution in [0.3, 0.4) is 0 Å². The van der Waals surface area contributed by atoms with Crippen LogP contribution in [0.4, 0.5) is 5.69 Å². The van der Waals surface area contributed by atoms with Crippen molar-refractivity contribution in [3.63, 3.8) is 0 Å². The van der Waals surface area contributed by atoms with Crippen molar-refractivity contribution in [1.29, 1.82) is 0 Å². The lowest BCUT2D eigenvalue weighted by atomic mass is 9.96. The summed E-state index contributed by atoms with van der Waals surface area (Å²) in [4.78, 5) is 3.96. The van der Waals surface area contributed by atoms with E-state index in [1.165, 1.54) is 0 Å². The van der Waals surface area contributed by atoms with Crippen LogP contribution >= 0.6 is 0 Å². The maximum atomic E-state index is 5.69. The highest BCUT2D eigenvalue weighted by Crippen LogP contribution is 2.11. The molecule has 1 heterocycles. The minimum atomic E-state index is 0.531. The lowest BCUT2D eigenvalue weighted by Crippen LogP contribution is -2.27. The standard InChI is InChI=1S/C11H19N3/c1-9(2)10(7-12)8-14-11-3-5-13-6-4-11/h3-6,9-10H,7-8,12H2,1-2H3,(H,13,14). The second-order valence-electron chi connectivity index (χ2n) is 3.86. The van der Waals surface area contributed by atoms with Crippen LogP contribution < -0.4 is 11.1 Å². The lowest BCUT2D eigenvalue weighted by Gasteiger charge is -2.19. The highest BCUT2D eigenvalue weighted by atomic mass is 14.9. The molecule has 78 valence electrons. The van der Waals surface area contributed by atoms with Crippen molar-refractivity contribution in [1.82, 2.24) is 4.98 Å². The first-order valence-electron chi connectivity index (χ1n) is 5.08. The van der Waals surface area contributed by atoms with E-state index in [1.54, 1.807) is 12.4 Å². The molecular weight excluding hydrogens is 174 g/mol. The van der Waals surface area contributed by atoms with E-state index in [2.05, 4.69) is 24.1 Å². The SMILES string of the molecule is CC(C)C(CN)CNc1ccncc1. The average Bonchev–Trinajstić information content (AvgIpc) is 2.20. The van der Waals surface area contributed by atoms with Crippen LogP contribution in [-0.2, 0) is 0 Å². The van der Waals surface area contributed by atoms with Gasteiger partial charge in [-0.15, -0.1) is 0 Å². The zero-order chi connectivity index (χ0) is 10.4. The number of nitrogens with zero attached hydrogens (tertiary/aromatic N) is 1. The number of hydrogen-bond donors (Lipinski definition) is 2. The molecule has 0 amide bonds. The Morgan fingerprint density at radius 1 is 1.36 bits per heavy atom. The van der Waals surface area contributed by atoms with Crippen molar-refractivity contribution < 1.29 is 0 Å². The Labute approximate surface area is 85.7 Å². The van der Waals surface area contributed by atoms with Gasteiger partial charge < -0.3 is 11.1 Å². The van der Waals surface area contributed by atoms with E-state index in [0.29, 0.717) is 11.8 Å². The van der Waals surface area contributed by atoms with Gasteiger partial charge in [0.25, 0.3) is 0 Å².